The van der Waals surface area contributed by atoms with Gasteiger partial charge in [0.15, 0.2) is 6.29 Å². The molecule has 0 spiro atoms. The van der Waals surface area contributed by atoms with Crippen LogP contribution in [0.15, 0.2) is 0 Å². The summed E-state index contributed by atoms with van der Waals surface area (Å²) in [5.74, 6) is 0. The van der Waals surface area contributed by atoms with Gasteiger partial charge in [-0.05, 0) is 6.92 Å². The molecule has 0 aromatic heterocycles. The Morgan fingerprint density at radius 3 is 2.29 bits per heavy atom. The summed E-state index contributed by atoms with van der Waals surface area (Å²) in [6.07, 6.45) is -0.681. The average Bonchev–Trinajstić information content (AvgIpc) is 2.17. The Balaban J connectivity index is 2.20. The Kier molecular flexibility index (Phi) is 1.03. The molecule has 0 aromatic rings. The van der Waals surface area contributed by atoms with Crippen LogP contribution in [0, 0.1) is 0 Å². The number of nitrogens with two attached hydrogens (primary N) is 1. The highest BCUT2D eigenvalue weighted by atomic mass is 16.7. The first-order valence-corrected chi connectivity index (χ1v) is 2.31. The van der Waals surface area contributed by atoms with Crippen molar-refractivity contribution in [3.8, 4) is 0 Å². The minimum absolute atomic E-state index is 0.0324. The third-order valence-electron chi connectivity index (χ3n) is 1.02. The summed E-state index contributed by atoms with van der Waals surface area (Å²) in [4.78, 5) is 0. The Hall–Kier alpha value is -0.120. The third-order valence-corrected chi connectivity index (χ3v) is 1.02. The first-order valence-electron chi connectivity index (χ1n) is 2.31. The quantitative estimate of drug-likeness (QED) is 0.421. The van der Waals surface area contributed by atoms with E-state index in [1.807, 2.05) is 0 Å². The molecule has 0 bridgehead atoms. The lowest BCUT2D eigenvalue weighted by Gasteiger charge is -1.92. The van der Waals surface area contributed by atoms with Gasteiger partial charge >= 0.3 is 0 Å². The molecule has 2 unspecified atom stereocenters. The lowest BCUT2D eigenvalue weighted by atomic mass is 10.3. The second-order valence-electron chi connectivity index (χ2n) is 1.85. The smallest absolute Gasteiger partial charge is 0.183 e. The van der Waals surface area contributed by atoms with Gasteiger partial charge in [0.1, 0.15) is 6.10 Å². The van der Waals surface area contributed by atoms with Gasteiger partial charge in [-0.15, -0.1) is 0 Å². The molecule has 1 fully saturated rings. The van der Waals surface area contributed by atoms with Crippen molar-refractivity contribution in [2.24, 2.45) is 5.73 Å². The van der Waals surface area contributed by atoms with E-state index in [0.29, 0.717) is 0 Å². The van der Waals surface area contributed by atoms with Crippen LogP contribution in [0.2, 0.25) is 0 Å². The molecule has 1 aliphatic heterocycles. The molecule has 3 atom stereocenters. The van der Waals surface area contributed by atoms with Gasteiger partial charge in [-0.25, -0.2) is 0 Å². The van der Waals surface area contributed by atoms with E-state index in [4.69, 9.17) is 10.8 Å². The van der Waals surface area contributed by atoms with Gasteiger partial charge in [0.05, 0.1) is 0 Å². The highest BCUT2D eigenvalue weighted by Crippen LogP contribution is 2.20. The van der Waals surface area contributed by atoms with Crippen LogP contribution in [0.4, 0.5) is 0 Å². The first-order chi connectivity index (χ1) is 3.22. The number of rotatable bonds is 1. The summed E-state index contributed by atoms with van der Waals surface area (Å²) in [5, 5.41) is 8.49. The predicted molar refractivity (Wildman–Crippen MR) is 24.5 cm³/mol. The molecule has 0 aromatic carbocycles. The van der Waals surface area contributed by atoms with Crippen LogP contribution >= 0.6 is 0 Å². The lowest BCUT2D eigenvalue weighted by Crippen LogP contribution is -2.23. The maximum Gasteiger partial charge on any atom is 0.183 e. The molecule has 7 heavy (non-hydrogen) atoms. The molecule has 0 aliphatic carbocycles. The maximum absolute atomic E-state index is 8.49. The van der Waals surface area contributed by atoms with Gasteiger partial charge in [-0.1, -0.05) is 0 Å². The number of aliphatic hydroxyl groups excluding tert-OH is 1. The second kappa shape index (κ2) is 1.43. The molecule has 0 amide bonds. The normalized spacial score (nSPS) is 43.3. The number of hydrogen-bond acceptors (Lipinski definition) is 3. The summed E-state index contributed by atoms with van der Waals surface area (Å²) in [6.45, 7) is 1.81. The fourth-order valence-electron chi connectivity index (χ4n) is 0.499. The van der Waals surface area contributed by atoms with Gasteiger partial charge in [-0.2, -0.15) is 0 Å². The van der Waals surface area contributed by atoms with E-state index in [1.165, 1.54) is 0 Å². The van der Waals surface area contributed by atoms with E-state index in [-0.39, 0.29) is 12.1 Å². The van der Waals surface area contributed by atoms with Crippen LogP contribution in [0.25, 0.3) is 0 Å². The summed E-state index contributed by atoms with van der Waals surface area (Å²) in [7, 11) is 0. The molecular formula is C4H9NO2. The molecule has 3 nitrogen and oxygen atoms in total. The van der Waals surface area contributed by atoms with Gasteiger partial charge < -0.3 is 15.6 Å². The summed E-state index contributed by atoms with van der Waals surface area (Å²) in [5.41, 5.74) is 5.30. The molecule has 0 radical (unpaired) electrons. The fraction of sp³-hybridized carbons (Fsp3) is 1.00. The molecular weight excluding hydrogens is 94.0 g/mol. The number of ether oxygens (including phenoxy) is 1. The number of hydrogen-bond donors (Lipinski definition) is 2. The van der Waals surface area contributed by atoms with Gasteiger partial charge in [0, 0.05) is 6.04 Å². The Morgan fingerprint density at radius 1 is 1.86 bits per heavy atom. The van der Waals surface area contributed by atoms with Gasteiger partial charge in [0.25, 0.3) is 0 Å². The van der Waals surface area contributed by atoms with Crippen molar-refractivity contribution in [2.45, 2.75) is 25.4 Å². The van der Waals surface area contributed by atoms with E-state index in [0.717, 1.165) is 0 Å². The van der Waals surface area contributed by atoms with E-state index in [9.17, 15) is 0 Å². The van der Waals surface area contributed by atoms with E-state index in [1.54, 1.807) is 6.92 Å². The number of aliphatic hydroxyl groups is 1. The largest absolute Gasteiger partial charge is 0.366 e. The molecule has 1 heterocycles. The molecule has 1 aliphatic rings. The summed E-state index contributed by atoms with van der Waals surface area (Å²) < 4.78 is 4.61. The monoisotopic (exact) mass is 103 g/mol. The molecule has 3 heteroatoms. The van der Waals surface area contributed by atoms with Crippen LogP contribution in [-0.4, -0.2) is 23.5 Å². The minimum atomic E-state index is -0.583. The molecule has 1 saturated heterocycles. The zero-order valence-corrected chi connectivity index (χ0v) is 4.16. The summed E-state index contributed by atoms with van der Waals surface area (Å²) in [6, 6.07) is -0.0324. The standard InChI is InChI=1S/C4H9NO2/c1-2(5)3-4(6)7-3/h2-4,6H,5H2,1H3/t2-,3?,4?/m0/s1. The third kappa shape index (κ3) is 0.907. The van der Waals surface area contributed by atoms with Crippen LogP contribution in [0.5, 0.6) is 0 Å². The van der Waals surface area contributed by atoms with E-state index < -0.39 is 6.29 Å². The van der Waals surface area contributed by atoms with Crippen molar-refractivity contribution in [3.05, 3.63) is 0 Å². The second-order valence-corrected chi connectivity index (χ2v) is 1.85. The SMILES string of the molecule is C[C@H](N)C1OC1O. The highest BCUT2D eigenvalue weighted by Gasteiger charge is 2.39. The maximum atomic E-state index is 8.49. The zero-order valence-electron chi connectivity index (χ0n) is 4.16. The van der Waals surface area contributed by atoms with Crippen LogP contribution in [0.3, 0.4) is 0 Å². The lowest BCUT2D eigenvalue weighted by molar-refractivity contribution is 0.156. The topological polar surface area (TPSA) is 58.8 Å². The Bertz CT molecular complexity index is 74.1. The van der Waals surface area contributed by atoms with Crippen molar-refractivity contribution >= 4 is 0 Å². The van der Waals surface area contributed by atoms with Crippen molar-refractivity contribution in [2.75, 3.05) is 0 Å². The van der Waals surface area contributed by atoms with Crippen molar-refractivity contribution < 1.29 is 9.84 Å². The average molecular weight is 103 g/mol. The number of epoxide rings is 1. The van der Waals surface area contributed by atoms with Crippen LogP contribution < -0.4 is 5.73 Å². The Morgan fingerprint density at radius 2 is 2.29 bits per heavy atom. The fourth-order valence-corrected chi connectivity index (χ4v) is 0.499. The Labute approximate surface area is 42.1 Å². The van der Waals surface area contributed by atoms with Gasteiger partial charge in [0.2, 0.25) is 0 Å². The van der Waals surface area contributed by atoms with Crippen molar-refractivity contribution in [1.82, 2.24) is 0 Å². The van der Waals surface area contributed by atoms with Crippen molar-refractivity contribution in [1.29, 1.82) is 0 Å². The van der Waals surface area contributed by atoms with E-state index in [2.05, 4.69) is 4.74 Å². The summed E-state index contributed by atoms with van der Waals surface area (Å²) >= 11 is 0. The highest BCUT2D eigenvalue weighted by molar-refractivity contribution is 4.82. The first kappa shape index (κ1) is 5.03. The van der Waals surface area contributed by atoms with E-state index >= 15 is 0 Å². The molecule has 42 valence electrons. The minimum Gasteiger partial charge on any atom is -0.366 e. The van der Waals surface area contributed by atoms with Crippen LogP contribution in [-0.2, 0) is 4.74 Å². The molecule has 1 rings (SSSR count). The van der Waals surface area contributed by atoms with Gasteiger partial charge in [-0.3, -0.25) is 0 Å². The molecule has 0 saturated carbocycles. The van der Waals surface area contributed by atoms with Crippen molar-refractivity contribution in [3.63, 3.8) is 0 Å². The zero-order chi connectivity index (χ0) is 5.44. The van der Waals surface area contributed by atoms with Crippen LogP contribution in [0.1, 0.15) is 6.92 Å². The predicted octanol–water partition coefficient (Wildman–Crippen LogP) is -0.949. The molecule has 3 N–H and O–H groups in total.